The fourth-order valence-corrected chi connectivity index (χ4v) is 4.68. The molecular weight excluding hydrogens is 406 g/mol. The molecule has 1 aliphatic heterocycles. The van der Waals surface area contributed by atoms with Crippen molar-refractivity contribution in [2.75, 3.05) is 11.4 Å². The van der Waals surface area contributed by atoms with Crippen LogP contribution in [0.1, 0.15) is 24.0 Å². The summed E-state index contributed by atoms with van der Waals surface area (Å²) in [7, 11) is -3.97. The number of carbonyl (C=O) groups excluding carboxylic acids is 1. The lowest BCUT2D eigenvalue weighted by Crippen LogP contribution is -2.24. The van der Waals surface area contributed by atoms with Crippen LogP contribution in [0, 0.1) is 13.8 Å². The lowest BCUT2D eigenvalue weighted by Gasteiger charge is -2.18. The zero-order valence-electron chi connectivity index (χ0n) is 14.0. The molecule has 0 bridgehead atoms. The molecule has 0 spiro atoms. The predicted octanol–water partition coefficient (Wildman–Crippen LogP) is 3.96. The van der Waals surface area contributed by atoms with Crippen LogP contribution >= 0.6 is 15.9 Å². The van der Waals surface area contributed by atoms with Gasteiger partial charge in [-0.3, -0.25) is 4.79 Å². The van der Waals surface area contributed by atoms with Gasteiger partial charge in [-0.15, -0.1) is 0 Å². The fourth-order valence-electron chi connectivity index (χ4n) is 2.84. The number of aryl methyl sites for hydroxylation is 2. The molecule has 0 radical (unpaired) electrons. The van der Waals surface area contributed by atoms with Crippen LogP contribution in [0.5, 0.6) is 5.75 Å². The summed E-state index contributed by atoms with van der Waals surface area (Å²) < 4.78 is 31.1. The van der Waals surface area contributed by atoms with E-state index < -0.39 is 10.1 Å². The summed E-state index contributed by atoms with van der Waals surface area (Å²) in [5.41, 5.74) is 2.25. The van der Waals surface area contributed by atoms with E-state index in [0.717, 1.165) is 17.7 Å². The molecule has 0 aromatic heterocycles. The van der Waals surface area contributed by atoms with Gasteiger partial charge in [-0.05, 0) is 77.7 Å². The van der Waals surface area contributed by atoms with Gasteiger partial charge in [-0.2, -0.15) is 8.42 Å². The van der Waals surface area contributed by atoms with Crippen LogP contribution in [0.3, 0.4) is 0 Å². The lowest BCUT2D eigenvalue weighted by molar-refractivity contribution is -0.117. The molecule has 0 atom stereocenters. The Morgan fingerprint density at radius 2 is 1.88 bits per heavy atom. The number of nitrogens with zero attached hydrogens (tertiary/aromatic N) is 1. The number of amides is 1. The highest BCUT2D eigenvalue weighted by molar-refractivity contribution is 9.10. The first-order chi connectivity index (χ1) is 11.8. The number of halogens is 1. The maximum atomic E-state index is 12.6. The molecule has 2 aromatic rings. The zero-order valence-corrected chi connectivity index (χ0v) is 16.4. The van der Waals surface area contributed by atoms with Crippen LogP contribution in [0.25, 0.3) is 0 Å². The van der Waals surface area contributed by atoms with Crippen molar-refractivity contribution in [3.8, 4) is 5.75 Å². The summed E-state index contributed by atoms with van der Waals surface area (Å²) in [6.07, 6.45) is 1.35. The molecule has 0 unspecified atom stereocenters. The van der Waals surface area contributed by atoms with E-state index in [2.05, 4.69) is 15.9 Å². The van der Waals surface area contributed by atoms with Gasteiger partial charge >= 0.3 is 10.1 Å². The highest BCUT2D eigenvalue weighted by Crippen LogP contribution is 2.31. The SMILES string of the molecule is Cc1ccc(OS(=O)(=O)c2ccc(N3CCCC3=O)cc2C)c(Br)c1. The number of carbonyl (C=O) groups is 1. The minimum absolute atomic E-state index is 0.0647. The van der Waals surface area contributed by atoms with Crippen LogP contribution in [-0.2, 0) is 14.9 Å². The van der Waals surface area contributed by atoms with Crippen LogP contribution in [0.4, 0.5) is 5.69 Å². The first-order valence-electron chi connectivity index (χ1n) is 7.89. The summed E-state index contributed by atoms with van der Waals surface area (Å²) in [5, 5.41) is 0. The minimum Gasteiger partial charge on any atom is -0.378 e. The van der Waals surface area contributed by atoms with E-state index in [1.54, 1.807) is 42.2 Å². The van der Waals surface area contributed by atoms with E-state index in [-0.39, 0.29) is 16.6 Å². The smallest absolute Gasteiger partial charge is 0.339 e. The first-order valence-corrected chi connectivity index (χ1v) is 10.1. The van der Waals surface area contributed by atoms with Crippen LogP contribution in [0.15, 0.2) is 45.8 Å². The van der Waals surface area contributed by atoms with E-state index in [1.807, 2.05) is 6.92 Å². The zero-order chi connectivity index (χ0) is 18.2. The largest absolute Gasteiger partial charge is 0.378 e. The normalized spacial score (nSPS) is 14.8. The molecule has 132 valence electrons. The second kappa shape index (κ2) is 6.80. The number of hydrogen-bond donors (Lipinski definition) is 0. The van der Waals surface area contributed by atoms with E-state index in [0.29, 0.717) is 23.0 Å². The van der Waals surface area contributed by atoms with Gasteiger partial charge in [-0.25, -0.2) is 0 Å². The molecule has 1 fully saturated rings. The second-order valence-corrected chi connectivity index (χ2v) is 8.44. The summed E-state index contributed by atoms with van der Waals surface area (Å²) in [6.45, 7) is 4.27. The van der Waals surface area contributed by atoms with Crippen molar-refractivity contribution in [2.24, 2.45) is 0 Å². The van der Waals surface area contributed by atoms with Crippen LogP contribution in [-0.4, -0.2) is 20.9 Å². The highest BCUT2D eigenvalue weighted by atomic mass is 79.9. The van der Waals surface area contributed by atoms with Gasteiger partial charge in [0.15, 0.2) is 5.75 Å². The number of anilines is 1. The standard InChI is InChI=1S/C18H18BrNO4S/c1-12-5-7-16(15(19)10-12)24-25(22,23)17-8-6-14(11-13(17)2)20-9-3-4-18(20)21/h5-8,10-11H,3-4,9H2,1-2H3. The van der Waals surface area contributed by atoms with E-state index >= 15 is 0 Å². The molecule has 1 amide bonds. The van der Waals surface area contributed by atoms with Gasteiger partial charge in [0.2, 0.25) is 5.91 Å². The Balaban J connectivity index is 1.90. The monoisotopic (exact) mass is 423 g/mol. The summed E-state index contributed by atoms with van der Waals surface area (Å²) in [6, 6.07) is 10.0. The van der Waals surface area contributed by atoms with Crippen molar-refractivity contribution in [3.63, 3.8) is 0 Å². The number of rotatable bonds is 4. The molecule has 25 heavy (non-hydrogen) atoms. The average Bonchev–Trinajstić information content (AvgIpc) is 2.96. The number of hydrogen-bond acceptors (Lipinski definition) is 4. The van der Waals surface area contributed by atoms with Gasteiger partial charge in [-0.1, -0.05) is 6.07 Å². The Kier molecular flexibility index (Phi) is 4.88. The molecule has 2 aromatic carbocycles. The molecule has 1 heterocycles. The summed E-state index contributed by atoms with van der Waals surface area (Å²) >= 11 is 3.32. The predicted molar refractivity (Wildman–Crippen MR) is 99.5 cm³/mol. The van der Waals surface area contributed by atoms with Crippen molar-refractivity contribution >= 4 is 37.6 Å². The summed E-state index contributed by atoms with van der Waals surface area (Å²) in [5.74, 6) is 0.304. The quantitative estimate of drug-likeness (QED) is 0.698. The van der Waals surface area contributed by atoms with Crippen molar-refractivity contribution in [1.29, 1.82) is 0 Å². The molecule has 0 N–H and O–H groups in total. The van der Waals surface area contributed by atoms with E-state index in [1.165, 1.54) is 6.07 Å². The molecule has 0 saturated carbocycles. The molecule has 1 aliphatic rings. The molecule has 0 aliphatic carbocycles. The topological polar surface area (TPSA) is 63.7 Å². The van der Waals surface area contributed by atoms with E-state index in [9.17, 15) is 13.2 Å². The average molecular weight is 424 g/mol. The van der Waals surface area contributed by atoms with Crippen molar-refractivity contribution in [1.82, 2.24) is 0 Å². The first kappa shape index (κ1) is 17.9. The Labute approximate surface area is 155 Å². The minimum atomic E-state index is -3.97. The van der Waals surface area contributed by atoms with Crippen molar-refractivity contribution < 1.29 is 17.4 Å². The van der Waals surface area contributed by atoms with Gasteiger partial charge in [0.25, 0.3) is 0 Å². The fraction of sp³-hybridized carbons (Fsp3) is 0.278. The Hall–Kier alpha value is -1.86. The maximum absolute atomic E-state index is 12.6. The van der Waals surface area contributed by atoms with Gasteiger partial charge in [0.05, 0.1) is 4.47 Å². The molecule has 5 nitrogen and oxygen atoms in total. The molecular formula is C18H18BrNO4S. The molecule has 7 heteroatoms. The Bertz CT molecular complexity index is 940. The van der Waals surface area contributed by atoms with E-state index in [4.69, 9.17) is 4.18 Å². The highest BCUT2D eigenvalue weighted by Gasteiger charge is 2.25. The van der Waals surface area contributed by atoms with Crippen molar-refractivity contribution in [2.45, 2.75) is 31.6 Å². The molecule has 3 rings (SSSR count). The third-order valence-corrected chi connectivity index (χ3v) is 6.12. The van der Waals surface area contributed by atoms with Gasteiger partial charge in [0, 0.05) is 18.7 Å². The molecule has 1 saturated heterocycles. The van der Waals surface area contributed by atoms with Gasteiger partial charge < -0.3 is 9.08 Å². The third-order valence-electron chi connectivity index (χ3n) is 4.10. The van der Waals surface area contributed by atoms with Gasteiger partial charge in [0.1, 0.15) is 4.90 Å². The number of benzene rings is 2. The van der Waals surface area contributed by atoms with Crippen LogP contribution in [0.2, 0.25) is 0 Å². The maximum Gasteiger partial charge on any atom is 0.339 e. The third kappa shape index (κ3) is 3.72. The Morgan fingerprint density at radius 3 is 2.48 bits per heavy atom. The Morgan fingerprint density at radius 1 is 1.12 bits per heavy atom. The van der Waals surface area contributed by atoms with Crippen LogP contribution < -0.4 is 9.08 Å². The lowest BCUT2D eigenvalue weighted by atomic mass is 10.2. The summed E-state index contributed by atoms with van der Waals surface area (Å²) in [4.78, 5) is 13.6. The van der Waals surface area contributed by atoms with Crippen molar-refractivity contribution in [3.05, 3.63) is 52.0 Å². The second-order valence-electron chi connectivity index (χ2n) is 6.07.